The quantitative estimate of drug-likeness (QED) is 0.350. The minimum Gasteiger partial charge on any atom is -0.489 e. The van der Waals surface area contributed by atoms with Crippen LogP contribution in [0.3, 0.4) is 0 Å². The van der Waals surface area contributed by atoms with Gasteiger partial charge in [-0.05, 0) is 91.3 Å². The summed E-state index contributed by atoms with van der Waals surface area (Å²) in [4.78, 5) is 15.9. The molecule has 0 aromatic heterocycles. The van der Waals surface area contributed by atoms with Gasteiger partial charge in [0.1, 0.15) is 18.2 Å². The molecule has 5 rings (SSSR count). The lowest BCUT2D eigenvalue weighted by atomic mass is 9.68. The fourth-order valence-corrected chi connectivity index (χ4v) is 6.01. The van der Waals surface area contributed by atoms with Crippen LogP contribution in [-0.4, -0.2) is 5.78 Å². The number of nitriles is 1. The summed E-state index contributed by atoms with van der Waals surface area (Å²) in [5, 5.41) is 11.1. The zero-order chi connectivity index (χ0) is 28.8. The molecule has 1 heterocycles. The summed E-state index contributed by atoms with van der Waals surface area (Å²) in [6, 6.07) is 21.9. The van der Waals surface area contributed by atoms with Crippen LogP contribution in [-0.2, 0) is 11.4 Å². The molecule has 0 saturated carbocycles. The molecule has 3 aromatic carbocycles. The van der Waals surface area contributed by atoms with Crippen molar-refractivity contribution in [2.24, 2.45) is 11.1 Å². The lowest BCUT2D eigenvalue weighted by molar-refractivity contribution is -0.118. The van der Waals surface area contributed by atoms with Crippen LogP contribution in [0.2, 0.25) is 5.02 Å². The van der Waals surface area contributed by atoms with E-state index >= 15 is 0 Å². The number of nitrogens with two attached hydrogens (primary N) is 1. The van der Waals surface area contributed by atoms with Gasteiger partial charge in [0, 0.05) is 28.4 Å². The maximum Gasteiger partial charge on any atom is 0.162 e. The van der Waals surface area contributed by atoms with E-state index in [0.29, 0.717) is 47.2 Å². The van der Waals surface area contributed by atoms with Crippen LogP contribution < -0.4 is 15.4 Å². The van der Waals surface area contributed by atoms with E-state index in [1.807, 2.05) is 62.1 Å². The number of carbonyl (C=O) groups excluding carboxylic acids is 1. The lowest BCUT2D eigenvalue weighted by Crippen LogP contribution is -2.42. The van der Waals surface area contributed by atoms with Gasteiger partial charge < -0.3 is 10.5 Å². The molecule has 3 aromatic rings. The second kappa shape index (κ2) is 10.5. The first kappa shape index (κ1) is 27.6. The largest absolute Gasteiger partial charge is 0.489 e. The van der Waals surface area contributed by atoms with Gasteiger partial charge in [-0.15, -0.1) is 0 Å². The van der Waals surface area contributed by atoms with Gasteiger partial charge in [0.25, 0.3) is 0 Å². The van der Waals surface area contributed by atoms with Gasteiger partial charge in [-0.25, -0.2) is 0 Å². The minimum absolute atomic E-state index is 0.0625. The summed E-state index contributed by atoms with van der Waals surface area (Å²) in [5.74, 6) is 0.612. The molecular formula is C34H34ClN3O2. The van der Waals surface area contributed by atoms with E-state index in [9.17, 15) is 10.1 Å². The SMILES string of the molecule is Cc1ccc(N2C(N)=C(C#N)C(c3cc(COc4ccc(Cl)cc4)c(C)cc3C)C3=C2CC(C)(C)CC3=O)cc1. The molecule has 0 amide bonds. The van der Waals surface area contributed by atoms with Crippen LogP contribution in [0.5, 0.6) is 5.75 Å². The second-order valence-corrected chi connectivity index (χ2v) is 12.1. The summed E-state index contributed by atoms with van der Waals surface area (Å²) in [6.45, 7) is 10.7. The first-order valence-electron chi connectivity index (χ1n) is 13.5. The molecule has 0 spiro atoms. The van der Waals surface area contributed by atoms with Crippen molar-refractivity contribution in [3.05, 3.63) is 116 Å². The Hall–Kier alpha value is -4.01. The van der Waals surface area contributed by atoms with E-state index in [1.165, 1.54) is 0 Å². The van der Waals surface area contributed by atoms with Gasteiger partial charge in [-0.2, -0.15) is 5.26 Å². The van der Waals surface area contributed by atoms with Crippen LogP contribution in [0.1, 0.15) is 60.4 Å². The van der Waals surface area contributed by atoms with Crippen molar-refractivity contribution in [3.63, 3.8) is 0 Å². The van der Waals surface area contributed by atoms with Crippen LogP contribution in [0.15, 0.2) is 83.3 Å². The third kappa shape index (κ3) is 5.12. The number of hydrogen-bond acceptors (Lipinski definition) is 5. The number of aryl methyl sites for hydroxylation is 3. The second-order valence-electron chi connectivity index (χ2n) is 11.7. The first-order valence-corrected chi connectivity index (χ1v) is 13.9. The van der Waals surface area contributed by atoms with Crippen molar-refractivity contribution in [3.8, 4) is 11.8 Å². The van der Waals surface area contributed by atoms with Gasteiger partial charge >= 0.3 is 0 Å². The van der Waals surface area contributed by atoms with E-state index < -0.39 is 5.92 Å². The van der Waals surface area contributed by atoms with Crippen LogP contribution in [0.4, 0.5) is 5.69 Å². The van der Waals surface area contributed by atoms with Gasteiger partial charge in [0.05, 0.1) is 17.6 Å². The van der Waals surface area contributed by atoms with Crippen molar-refractivity contribution in [1.29, 1.82) is 5.26 Å². The summed E-state index contributed by atoms with van der Waals surface area (Å²) < 4.78 is 6.08. The van der Waals surface area contributed by atoms with E-state index in [1.54, 1.807) is 12.1 Å². The Balaban J connectivity index is 1.65. The van der Waals surface area contributed by atoms with E-state index in [4.69, 9.17) is 22.1 Å². The average Bonchev–Trinajstić information content (AvgIpc) is 2.89. The maximum absolute atomic E-state index is 13.9. The molecule has 0 bridgehead atoms. The molecule has 0 radical (unpaired) electrons. The van der Waals surface area contributed by atoms with E-state index in [2.05, 4.69) is 32.0 Å². The molecule has 6 heteroatoms. The highest BCUT2D eigenvalue weighted by Gasteiger charge is 2.45. The number of ether oxygens (including phenoxy) is 1. The molecule has 0 fully saturated rings. The molecule has 40 heavy (non-hydrogen) atoms. The summed E-state index contributed by atoms with van der Waals surface area (Å²) >= 11 is 6.03. The number of Topliss-reactive ketones (excluding diaryl/α,β-unsaturated/α-hetero) is 1. The molecule has 204 valence electrons. The van der Waals surface area contributed by atoms with Crippen molar-refractivity contribution >= 4 is 23.1 Å². The third-order valence-corrected chi connectivity index (χ3v) is 8.17. The van der Waals surface area contributed by atoms with Gasteiger partial charge in [0.2, 0.25) is 0 Å². The predicted octanol–water partition coefficient (Wildman–Crippen LogP) is 7.79. The Morgan fingerprint density at radius 1 is 1.02 bits per heavy atom. The summed E-state index contributed by atoms with van der Waals surface area (Å²) in [7, 11) is 0. The number of ketones is 1. The number of nitrogens with zero attached hydrogens (tertiary/aromatic N) is 2. The molecule has 2 aliphatic rings. The highest BCUT2D eigenvalue weighted by atomic mass is 35.5. The van der Waals surface area contributed by atoms with Crippen LogP contribution >= 0.6 is 11.6 Å². The lowest BCUT2D eigenvalue weighted by Gasteiger charge is -2.44. The molecule has 1 aliphatic heterocycles. The molecular weight excluding hydrogens is 518 g/mol. The fourth-order valence-electron chi connectivity index (χ4n) is 5.88. The molecule has 1 unspecified atom stereocenters. The summed E-state index contributed by atoms with van der Waals surface area (Å²) in [5.41, 5.74) is 14.5. The number of hydrogen-bond donors (Lipinski definition) is 1. The van der Waals surface area contributed by atoms with Gasteiger partial charge in [0.15, 0.2) is 5.78 Å². The molecule has 1 aliphatic carbocycles. The van der Waals surface area contributed by atoms with Gasteiger partial charge in [-0.3, -0.25) is 9.69 Å². The smallest absolute Gasteiger partial charge is 0.162 e. The normalized spacial score (nSPS) is 18.5. The standard InChI is InChI=1S/C34H34ClN3O2/c1-20-6-10-25(11-7-20)38-29-16-34(4,5)17-30(39)32(29)31(28(18-36)33(38)37)27-15-23(21(2)14-22(27)3)19-40-26-12-8-24(35)9-13-26/h6-15,31H,16-17,19,37H2,1-5H3. The fraction of sp³-hybridized carbons (Fsp3) is 0.294. The number of rotatable bonds is 5. The Labute approximate surface area is 241 Å². The van der Waals surface area contributed by atoms with E-state index in [-0.39, 0.29) is 11.2 Å². The van der Waals surface area contributed by atoms with Crippen molar-refractivity contribution in [2.45, 2.75) is 60.0 Å². The van der Waals surface area contributed by atoms with Crippen LogP contribution in [0, 0.1) is 37.5 Å². The number of anilines is 1. The number of benzene rings is 3. The number of halogens is 1. The Bertz CT molecular complexity index is 1590. The Morgan fingerprint density at radius 3 is 2.35 bits per heavy atom. The third-order valence-electron chi connectivity index (χ3n) is 7.92. The van der Waals surface area contributed by atoms with Crippen molar-refractivity contribution in [1.82, 2.24) is 0 Å². The highest BCUT2D eigenvalue weighted by Crippen LogP contribution is 2.50. The maximum atomic E-state index is 13.9. The van der Waals surface area contributed by atoms with Gasteiger partial charge in [-0.1, -0.05) is 55.3 Å². The molecule has 1 atom stereocenters. The average molecular weight is 552 g/mol. The molecule has 0 saturated heterocycles. The predicted molar refractivity (Wildman–Crippen MR) is 160 cm³/mol. The van der Waals surface area contributed by atoms with Crippen molar-refractivity contribution in [2.75, 3.05) is 4.90 Å². The zero-order valence-electron chi connectivity index (χ0n) is 23.6. The first-order chi connectivity index (χ1) is 19.0. The molecule has 2 N–H and O–H groups in total. The minimum atomic E-state index is -0.541. The highest BCUT2D eigenvalue weighted by molar-refractivity contribution is 6.30. The van der Waals surface area contributed by atoms with E-state index in [0.717, 1.165) is 39.2 Å². The molecule has 5 nitrogen and oxygen atoms in total. The Morgan fingerprint density at radius 2 is 1.70 bits per heavy atom. The number of allylic oxidation sites excluding steroid dienone is 3. The zero-order valence-corrected chi connectivity index (χ0v) is 24.4. The number of carbonyl (C=O) groups is 1. The monoisotopic (exact) mass is 551 g/mol. The summed E-state index contributed by atoms with van der Waals surface area (Å²) in [6.07, 6.45) is 1.09. The Kier molecular flexibility index (Phi) is 7.25. The topological polar surface area (TPSA) is 79.3 Å². The van der Waals surface area contributed by atoms with Crippen molar-refractivity contribution < 1.29 is 9.53 Å². The van der Waals surface area contributed by atoms with Crippen LogP contribution in [0.25, 0.3) is 0 Å².